The lowest BCUT2D eigenvalue weighted by molar-refractivity contribution is 0.410. The lowest BCUT2D eigenvalue weighted by Crippen LogP contribution is -2.03. The number of rotatable bonds is 4. The average Bonchev–Trinajstić information content (AvgIpc) is 2.38. The predicted octanol–water partition coefficient (Wildman–Crippen LogP) is 3.77. The summed E-state index contributed by atoms with van der Waals surface area (Å²) in [6.45, 7) is 2.76. The highest BCUT2D eigenvalue weighted by Crippen LogP contribution is 2.20. The van der Waals surface area contributed by atoms with Crippen LogP contribution in [0.5, 0.6) is 5.75 Å². The zero-order valence-corrected chi connectivity index (χ0v) is 12.0. The van der Waals surface area contributed by atoms with Crippen LogP contribution in [0.1, 0.15) is 11.1 Å². The van der Waals surface area contributed by atoms with Gasteiger partial charge < -0.3 is 10.1 Å². The van der Waals surface area contributed by atoms with Crippen molar-refractivity contribution in [2.24, 2.45) is 0 Å². The molecule has 1 heterocycles. The Morgan fingerprint density at radius 1 is 1.28 bits per heavy atom. The second kappa shape index (κ2) is 5.87. The molecular weight excluding hydrogens is 292 g/mol. The molecule has 0 saturated heterocycles. The van der Waals surface area contributed by atoms with E-state index in [1.807, 2.05) is 24.3 Å². The molecule has 0 bridgehead atoms. The van der Waals surface area contributed by atoms with Gasteiger partial charge in [0.25, 0.3) is 0 Å². The number of methoxy groups -OCH3 is 1. The number of nitrogens with zero attached hydrogens (tertiary/aromatic N) is 1. The molecule has 0 saturated carbocycles. The van der Waals surface area contributed by atoms with Crippen LogP contribution in [0.3, 0.4) is 0 Å². The molecule has 0 amide bonds. The van der Waals surface area contributed by atoms with Crippen molar-refractivity contribution < 1.29 is 4.74 Å². The second-order valence-electron chi connectivity index (χ2n) is 4.03. The first-order valence-electron chi connectivity index (χ1n) is 5.68. The lowest BCUT2D eigenvalue weighted by Gasteiger charge is -2.11. The van der Waals surface area contributed by atoms with E-state index in [9.17, 15) is 0 Å². The molecule has 3 nitrogen and oxygen atoms in total. The summed E-state index contributed by atoms with van der Waals surface area (Å²) in [6.07, 6.45) is 1.77. The van der Waals surface area contributed by atoms with Gasteiger partial charge in [0.15, 0.2) is 0 Å². The largest absolute Gasteiger partial charge is 0.496 e. The van der Waals surface area contributed by atoms with Crippen molar-refractivity contribution in [2.45, 2.75) is 13.5 Å². The van der Waals surface area contributed by atoms with Crippen LogP contribution in [0, 0.1) is 6.92 Å². The summed E-state index contributed by atoms with van der Waals surface area (Å²) in [7, 11) is 1.69. The summed E-state index contributed by atoms with van der Waals surface area (Å²) in [5, 5.41) is 3.28. The van der Waals surface area contributed by atoms with E-state index in [0.717, 1.165) is 21.6 Å². The smallest absolute Gasteiger partial charge is 0.126 e. The monoisotopic (exact) mass is 306 g/mol. The fourth-order valence-corrected chi connectivity index (χ4v) is 1.95. The molecule has 0 aliphatic carbocycles. The summed E-state index contributed by atoms with van der Waals surface area (Å²) >= 11 is 3.36. The molecule has 2 rings (SSSR count). The summed E-state index contributed by atoms with van der Waals surface area (Å²) in [4.78, 5) is 4.27. The topological polar surface area (TPSA) is 34.1 Å². The third-order valence-electron chi connectivity index (χ3n) is 2.62. The fourth-order valence-electron chi connectivity index (χ4n) is 1.71. The van der Waals surface area contributed by atoms with Gasteiger partial charge in [0.05, 0.1) is 7.11 Å². The number of aromatic nitrogens is 1. The van der Waals surface area contributed by atoms with Crippen molar-refractivity contribution in [1.82, 2.24) is 4.98 Å². The molecule has 0 spiro atoms. The van der Waals surface area contributed by atoms with Crippen LogP contribution in [0.25, 0.3) is 0 Å². The Bertz CT molecular complexity index is 526. The van der Waals surface area contributed by atoms with Gasteiger partial charge >= 0.3 is 0 Å². The molecule has 0 aliphatic rings. The first-order chi connectivity index (χ1) is 8.69. The first kappa shape index (κ1) is 12.9. The Morgan fingerprint density at radius 3 is 2.78 bits per heavy atom. The summed E-state index contributed by atoms with van der Waals surface area (Å²) in [5.74, 6) is 1.74. The van der Waals surface area contributed by atoms with Gasteiger partial charge in [-0.05, 0) is 41.1 Å². The first-order valence-corrected chi connectivity index (χ1v) is 6.47. The van der Waals surface area contributed by atoms with E-state index in [4.69, 9.17) is 4.74 Å². The minimum atomic E-state index is 0.694. The fraction of sp³-hybridized carbons (Fsp3) is 0.214. The van der Waals surface area contributed by atoms with Crippen LogP contribution in [0.2, 0.25) is 0 Å². The van der Waals surface area contributed by atoms with Crippen molar-refractivity contribution in [2.75, 3.05) is 12.4 Å². The average molecular weight is 307 g/mol. The van der Waals surface area contributed by atoms with E-state index in [-0.39, 0.29) is 0 Å². The van der Waals surface area contributed by atoms with Crippen molar-refractivity contribution in [3.8, 4) is 5.75 Å². The molecule has 0 atom stereocenters. The quantitative estimate of drug-likeness (QED) is 0.933. The molecule has 1 aromatic carbocycles. The SMILES string of the molecule is COc1ccc(C)cc1CNc1ccc(Br)cn1. The minimum Gasteiger partial charge on any atom is -0.496 e. The van der Waals surface area contributed by atoms with Crippen LogP contribution < -0.4 is 10.1 Å². The van der Waals surface area contributed by atoms with Gasteiger partial charge in [-0.15, -0.1) is 0 Å². The van der Waals surface area contributed by atoms with Crippen LogP contribution >= 0.6 is 15.9 Å². The molecule has 1 N–H and O–H groups in total. The van der Waals surface area contributed by atoms with E-state index in [2.05, 4.69) is 39.2 Å². The van der Waals surface area contributed by atoms with Crippen molar-refractivity contribution in [3.05, 3.63) is 52.1 Å². The van der Waals surface area contributed by atoms with Gasteiger partial charge in [-0.3, -0.25) is 0 Å². The van der Waals surface area contributed by atoms with Crippen molar-refractivity contribution in [3.63, 3.8) is 0 Å². The predicted molar refractivity (Wildman–Crippen MR) is 77.0 cm³/mol. The van der Waals surface area contributed by atoms with Crippen molar-refractivity contribution in [1.29, 1.82) is 0 Å². The Kier molecular flexibility index (Phi) is 4.20. The highest BCUT2D eigenvalue weighted by atomic mass is 79.9. The minimum absolute atomic E-state index is 0.694. The van der Waals surface area contributed by atoms with E-state index in [1.165, 1.54) is 5.56 Å². The van der Waals surface area contributed by atoms with Gasteiger partial charge in [-0.2, -0.15) is 0 Å². The number of halogens is 1. The summed E-state index contributed by atoms with van der Waals surface area (Å²) in [6, 6.07) is 10.0. The molecule has 18 heavy (non-hydrogen) atoms. The molecule has 0 unspecified atom stereocenters. The normalized spacial score (nSPS) is 10.2. The van der Waals surface area contributed by atoms with Gasteiger partial charge in [-0.1, -0.05) is 17.7 Å². The highest BCUT2D eigenvalue weighted by molar-refractivity contribution is 9.10. The van der Waals surface area contributed by atoms with Crippen LogP contribution in [0.4, 0.5) is 5.82 Å². The Labute approximate surface area is 115 Å². The summed E-state index contributed by atoms with van der Waals surface area (Å²) in [5.41, 5.74) is 2.35. The maximum absolute atomic E-state index is 5.34. The standard InChI is InChI=1S/C14H15BrN2O/c1-10-3-5-13(18-2)11(7-10)8-16-14-6-4-12(15)9-17-14/h3-7,9H,8H2,1-2H3,(H,16,17). The van der Waals surface area contributed by atoms with Gasteiger partial charge in [-0.25, -0.2) is 4.98 Å². The number of hydrogen-bond donors (Lipinski definition) is 1. The number of anilines is 1. The van der Waals surface area contributed by atoms with E-state index in [0.29, 0.717) is 6.54 Å². The van der Waals surface area contributed by atoms with Crippen molar-refractivity contribution >= 4 is 21.7 Å². The van der Waals surface area contributed by atoms with Gasteiger partial charge in [0, 0.05) is 22.8 Å². The number of aryl methyl sites for hydroxylation is 1. The number of pyridine rings is 1. The van der Waals surface area contributed by atoms with E-state index < -0.39 is 0 Å². The Balaban J connectivity index is 2.09. The molecular formula is C14H15BrN2O. The lowest BCUT2D eigenvalue weighted by atomic mass is 10.1. The van der Waals surface area contributed by atoms with E-state index >= 15 is 0 Å². The molecule has 94 valence electrons. The third-order valence-corrected chi connectivity index (χ3v) is 3.09. The zero-order chi connectivity index (χ0) is 13.0. The van der Waals surface area contributed by atoms with E-state index in [1.54, 1.807) is 13.3 Å². The number of ether oxygens (including phenoxy) is 1. The highest BCUT2D eigenvalue weighted by Gasteiger charge is 2.03. The Morgan fingerprint density at radius 2 is 2.11 bits per heavy atom. The molecule has 0 fully saturated rings. The Hall–Kier alpha value is -1.55. The maximum atomic E-state index is 5.34. The second-order valence-corrected chi connectivity index (χ2v) is 4.95. The molecule has 0 radical (unpaired) electrons. The third kappa shape index (κ3) is 3.23. The maximum Gasteiger partial charge on any atom is 0.126 e. The number of hydrogen-bond acceptors (Lipinski definition) is 3. The van der Waals surface area contributed by atoms with Crippen LogP contribution in [-0.2, 0) is 6.54 Å². The number of nitrogens with one attached hydrogen (secondary N) is 1. The van der Waals surface area contributed by atoms with Crippen LogP contribution in [-0.4, -0.2) is 12.1 Å². The van der Waals surface area contributed by atoms with Gasteiger partial charge in [0.1, 0.15) is 11.6 Å². The summed E-state index contributed by atoms with van der Waals surface area (Å²) < 4.78 is 6.31. The van der Waals surface area contributed by atoms with Gasteiger partial charge in [0.2, 0.25) is 0 Å². The van der Waals surface area contributed by atoms with Crippen LogP contribution in [0.15, 0.2) is 41.0 Å². The molecule has 0 aliphatic heterocycles. The molecule has 2 aromatic rings. The molecule has 1 aromatic heterocycles. The molecule has 4 heteroatoms. The zero-order valence-electron chi connectivity index (χ0n) is 10.4. The number of benzene rings is 1.